The first-order chi connectivity index (χ1) is 18.4. The number of carboxylic acid groups (broad SMARTS) is 1. The Bertz CT molecular complexity index is 1680. The molecular formula is C25H21ClF3N7O3. The van der Waals surface area contributed by atoms with E-state index < -0.39 is 12.1 Å². The molecule has 1 atom stereocenters. The smallest absolute Gasteiger partial charge is 0.475 e. The van der Waals surface area contributed by atoms with Crippen molar-refractivity contribution in [1.29, 1.82) is 0 Å². The van der Waals surface area contributed by atoms with E-state index >= 15 is 0 Å². The summed E-state index contributed by atoms with van der Waals surface area (Å²) in [5.41, 5.74) is 10.2. The highest BCUT2D eigenvalue weighted by Crippen LogP contribution is 2.38. The summed E-state index contributed by atoms with van der Waals surface area (Å²) in [6, 6.07) is 13.1. The van der Waals surface area contributed by atoms with Gasteiger partial charge in [-0.3, -0.25) is 9.48 Å². The number of benzene rings is 2. The van der Waals surface area contributed by atoms with E-state index in [0.29, 0.717) is 10.7 Å². The minimum absolute atomic E-state index is 0.120. The largest absolute Gasteiger partial charge is 0.490 e. The lowest BCUT2D eigenvalue weighted by Crippen LogP contribution is -2.27. The Labute approximate surface area is 223 Å². The van der Waals surface area contributed by atoms with Crippen molar-refractivity contribution in [2.75, 3.05) is 5.73 Å². The van der Waals surface area contributed by atoms with Crippen LogP contribution in [-0.4, -0.2) is 47.5 Å². The van der Waals surface area contributed by atoms with Crippen LogP contribution in [0.5, 0.6) is 0 Å². The lowest BCUT2D eigenvalue weighted by molar-refractivity contribution is -0.192. The van der Waals surface area contributed by atoms with Crippen molar-refractivity contribution < 1.29 is 27.9 Å². The van der Waals surface area contributed by atoms with Gasteiger partial charge in [0.25, 0.3) is 5.91 Å². The van der Waals surface area contributed by atoms with Crippen LogP contribution in [-0.2, 0) is 11.8 Å². The lowest BCUT2D eigenvalue weighted by Gasteiger charge is -2.19. The van der Waals surface area contributed by atoms with Crippen LogP contribution in [0.1, 0.15) is 28.9 Å². The van der Waals surface area contributed by atoms with E-state index in [1.165, 1.54) is 4.52 Å². The number of hydrogen-bond acceptors (Lipinski definition) is 6. The van der Waals surface area contributed by atoms with Gasteiger partial charge in [-0.2, -0.15) is 18.3 Å². The van der Waals surface area contributed by atoms with Crippen LogP contribution >= 0.6 is 11.6 Å². The molecule has 3 heterocycles. The van der Waals surface area contributed by atoms with Crippen molar-refractivity contribution in [2.24, 2.45) is 7.05 Å². The van der Waals surface area contributed by atoms with E-state index in [1.807, 2.05) is 56.6 Å². The molecule has 1 amide bonds. The number of nitrogens with zero attached hydrogens (tertiary/aromatic N) is 5. The van der Waals surface area contributed by atoms with Gasteiger partial charge in [0.2, 0.25) is 0 Å². The first-order valence-corrected chi connectivity index (χ1v) is 11.7. The van der Waals surface area contributed by atoms with Crippen molar-refractivity contribution >= 4 is 45.8 Å². The fourth-order valence-electron chi connectivity index (χ4n) is 3.99. The molecule has 2 aromatic carbocycles. The van der Waals surface area contributed by atoms with E-state index in [9.17, 15) is 18.0 Å². The molecule has 0 spiro atoms. The molecule has 202 valence electrons. The summed E-state index contributed by atoms with van der Waals surface area (Å²) in [6.45, 7) is 1.90. The summed E-state index contributed by atoms with van der Waals surface area (Å²) in [5, 5.41) is 20.4. The van der Waals surface area contributed by atoms with Crippen LogP contribution in [0.25, 0.3) is 27.7 Å². The molecule has 0 bridgehead atoms. The van der Waals surface area contributed by atoms with Gasteiger partial charge < -0.3 is 16.2 Å². The van der Waals surface area contributed by atoms with Gasteiger partial charge in [-0.1, -0.05) is 41.9 Å². The lowest BCUT2D eigenvalue weighted by atomic mass is 9.93. The molecule has 0 fully saturated rings. The maximum Gasteiger partial charge on any atom is 0.490 e. The molecule has 1 unspecified atom stereocenters. The first kappa shape index (κ1) is 27.4. The standard InChI is InChI=1S/C23H20ClN7O.C2HF3O2/c1-13(27-23(32)19-21(25)29-31-10-6-9-26-22(19)31)15-11-17(24)16-12-30(2)28-20(16)18(15)14-7-4-3-5-8-14;3-2(4,5)1(6)7/h3-13H,1-2H3,(H2,25,29)(H,27,32);(H,6,7). The predicted octanol–water partition coefficient (Wildman–Crippen LogP) is 4.64. The number of carboxylic acids is 1. The molecule has 39 heavy (non-hydrogen) atoms. The highest BCUT2D eigenvalue weighted by atomic mass is 35.5. The zero-order valence-electron chi connectivity index (χ0n) is 20.4. The Hall–Kier alpha value is -4.65. The second-order valence-corrected chi connectivity index (χ2v) is 8.81. The summed E-state index contributed by atoms with van der Waals surface area (Å²) in [4.78, 5) is 26.3. The highest BCUT2D eigenvalue weighted by molar-refractivity contribution is 6.36. The Morgan fingerprint density at radius 2 is 1.82 bits per heavy atom. The molecule has 0 saturated carbocycles. The third-order valence-electron chi connectivity index (χ3n) is 5.66. The van der Waals surface area contributed by atoms with Crippen LogP contribution in [0, 0.1) is 0 Å². The Morgan fingerprint density at radius 1 is 1.15 bits per heavy atom. The van der Waals surface area contributed by atoms with Crippen LogP contribution in [0.3, 0.4) is 0 Å². The van der Waals surface area contributed by atoms with Crippen LogP contribution in [0.15, 0.2) is 61.1 Å². The number of nitrogens with two attached hydrogens (primary N) is 1. The second kappa shape index (κ2) is 10.6. The molecule has 0 aliphatic heterocycles. The van der Waals surface area contributed by atoms with E-state index in [4.69, 9.17) is 27.2 Å². The molecule has 4 N–H and O–H groups in total. The van der Waals surface area contributed by atoms with Gasteiger partial charge in [-0.25, -0.2) is 14.3 Å². The van der Waals surface area contributed by atoms with Crippen molar-refractivity contribution in [3.05, 3.63) is 77.2 Å². The minimum Gasteiger partial charge on any atom is -0.475 e. The van der Waals surface area contributed by atoms with E-state index in [0.717, 1.165) is 27.6 Å². The maximum absolute atomic E-state index is 13.2. The average Bonchev–Trinajstić information content (AvgIpc) is 3.43. The van der Waals surface area contributed by atoms with Crippen molar-refractivity contribution in [3.63, 3.8) is 0 Å². The molecule has 10 nitrogen and oxygen atoms in total. The van der Waals surface area contributed by atoms with Gasteiger partial charge in [-0.15, -0.1) is 5.10 Å². The number of alkyl halides is 3. The molecule has 14 heteroatoms. The topological polar surface area (TPSA) is 140 Å². The minimum atomic E-state index is -5.08. The summed E-state index contributed by atoms with van der Waals surface area (Å²) in [6.07, 6.45) is 0.0998. The summed E-state index contributed by atoms with van der Waals surface area (Å²) >= 11 is 6.61. The normalized spacial score (nSPS) is 12.2. The van der Waals surface area contributed by atoms with Gasteiger partial charge in [0.15, 0.2) is 11.5 Å². The van der Waals surface area contributed by atoms with E-state index in [1.54, 1.807) is 23.1 Å². The number of carbonyl (C=O) groups excluding carboxylic acids is 1. The monoisotopic (exact) mass is 559 g/mol. The van der Waals surface area contributed by atoms with Crippen LogP contribution < -0.4 is 11.1 Å². The number of hydrogen-bond donors (Lipinski definition) is 3. The van der Waals surface area contributed by atoms with E-state index in [-0.39, 0.29) is 23.3 Å². The van der Waals surface area contributed by atoms with Crippen LogP contribution in [0.2, 0.25) is 5.02 Å². The highest BCUT2D eigenvalue weighted by Gasteiger charge is 2.38. The number of rotatable bonds is 4. The first-order valence-electron chi connectivity index (χ1n) is 11.3. The molecular weight excluding hydrogens is 539 g/mol. The zero-order chi connectivity index (χ0) is 28.5. The third-order valence-corrected chi connectivity index (χ3v) is 5.98. The van der Waals surface area contributed by atoms with Crippen molar-refractivity contribution in [3.8, 4) is 11.1 Å². The number of aryl methyl sites for hydroxylation is 1. The molecule has 0 aliphatic carbocycles. The molecule has 3 aromatic heterocycles. The number of fused-ring (bicyclic) bond motifs is 2. The SMILES string of the molecule is CC(NC(=O)c1c(N)nn2cccnc12)c1cc(Cl)c2cn(C)nc2c1-c1ccccc1.O=C(O)C(F)(F)F. The van der Waals surface area contributed by atoms with Gasteiger partial charge in [0.05, 0.1) is 11.1 Å². The van der Waals surface area contributed by atoms with Gasteiger partial charge in [0.1, 0.15) is 11.1 Å². The number of halogens is 4. The molecule has 0 aliphatic rings. The molecule has 5 rings (SSSR count). The number of amides is 1. The summed E-state index contributed by atoms with van der Waals surface area (Å²) in [5.74, 6) is -3.00. The zero-order valence-corrected chi connectivity index (χ0v) is 21.2. The van der Waals surface area contributed by atoms with Gasteiger partial charge in [0, 0.05) is 36.6 Å². The number of carbonyl (C=O) groups is 2. The molecule has 0 saturated heterocycles. The fraction of sp³-hybridized carbons (Fsp3) is 0.160. The molecule has 5 aromatic rings. The summed E-state index contributed by atoms with van der Waals surface area (Å²) < 4.78 is 35.0. The Morgan fingerprint density at radius 3 is 2.46 bits per heavy atom. The van der Waals surface area contributed by atoms with Gasteiger partial charge in [-0.05, 0) is 30.2 Å². The third kappa shape index (κ3) is 5.62. The fourth-order valence-corrected chi connectivity index (χ4v) is 4.24. The second-order valence-electron chi connectivity index (χ2n) is 8.40. The number of aliphatic carboxylic acids is 1. The number of aromatic nitrogens is 5. The van der Waals surface area contributed by atoms with Crippen molar-refractivity contribution in [1.82, 2.24) is 29.7 Å². The van der Waals surface area contributed by atoms with Crippen molar-refractivity contribution in [2.45, 2.75) is 19.1 Å². The Kier molecular flexibility index (Phi) is 7.45. The van der Waals surface area contributed by atoms with E-state index in [2.05, 4.69) is 20.5 Å². The summed E-state index contributed by atoms with van der Waals surface area (Å²) in [7, 11) is 1.86. The van der Waals surface area contributed by atoms with Crippen LogP contribution in [0.4, 0.5) is 19.0 Å². The number of nitrogens with one attached hydrogen (secondary N) is 1. The number of nitrogen functional groups attached to an aromatic ring is 1. The number of anilines is 1. The van der Waals surface area contributed by atoms with Gasteiger partial charge >= 0.3 is 12.1 Å². The molecule has 0 radical (unpaired) electrons. The predicted molar refractivity (Wildman–Crippen MR) is 138 cm³/mol. The maximum atomic E-state index is 13.2. The quantitative estimate of drug-likeness (QED) is 0.291. The average molecular weight is 560 g/mol. The Balaban J connectivity index is 0.000000448.